The Hall–Kier alpha value is -2.20. The number of nitrogens with one attached hydrogen (secondary N) is 1. The number of rotatable bonds is 6. The quantitative estimate of drug-likeness (QED) is 0.462. The summed E-state index contributed by atoms with van der Waals surface area (Å²) in [7, 11) is -3.82. The van der Waals surface area contributed by atoms with E-state index in [1.165, 1.54) is 22.5 Å². The van der Waals surface area contributed by atoms with Crippen LogP contribution in [0.1, 0.15) is 19.8 Å². The lowest BCUT2D eigenvalue weighted by Gasteiger charge is -2.33. The van der Waals surface area contributed by atoms with E-state index in [1.807, 2.05) is 6.92 Å². The Bertz CT molecular complexity index is 729. The topological polar surface area (TPSA) is 113 Å². The molecule has 0 saturated carbocycles. The van der Waals surface area contributed by atoms with Crippen LogP contribution in [-0.2, 0) is 10.0 Å². The molecule has 9 nitrogen and oxygen atoms in total. The van der Waals surface area contributed by atoms with Gasteiger partial charge in [0.05, 0.1) is 9.82 Å². The first kappa shape index (κ1) is 19.1. The number of hydrogen-bond donors (Lipinski definition) is 1. The monoisotopic (exact) mass is 370 g/mol. The highest BCUT2D eigenvalue weighted by atomic mass is 32.2. The number of nitro groups is 1. The van der Waals surface area contributed by atoms with Gasteiger partial charge in [-0.25, -0.2) is 13.2 Å². The van der Waals surface area contributed by atoms with Crippen molar-refractivity contribution >= 4 is 21.7 Å². The van der Waals surface area contributed by atoms with Gasteiger partial charge in [0, 0.05) is 44.9 Å². The van der Waals surface area contributed by atoms with E-state index in [0.717, 1.165) is 18.9 Å². The average molecular weight is 370 g/mol. The molecule has 2 amide bonds. The Morgan fingerprint density at radius 1 is 1.28 bits per heavy atom. The first-order valence-corrected chi connectivity index (χ1v) is 9.57. The Kier molecular flexibility index (Phi) is 6.32. The average Bonchev–Trinajstić information content (AvgIpc) is 2.62. The van der Waals surface area contributed by atoms with E-state index in [9.17, 15) is 23.3 Å². The van der Waals surface area contributed by atoms with Crippen LogP contribution < -0.4 is 5.32 Å². The van der Waals surface area contributed by atoms with E-state index >= 15 is 0 Å². The lowest BCUT2D eigenvalue weighted by Crippen LogP contribution is -2.53. The summed E-state index contributed by atoms with van der Waals surface area (Å²) in [5.41, 5.74) is -0.269. The highest BCUT2D eigenvalue weighted by Crippen LogP contribution is 2.22. The Morgan fingerprint density at radius 3 is 2.56 bits per heavy atom. The number of benzene rings is 1. The van der Waals surface area contributed by atoms with Gasteiger partial charge in [-0.05, 0) is 12.5 Å². The van der Waals surface area contributed by atoms with E-state index in [1.54, 1.807) is 4.90 Å². The fraction of sp³-hybridized carbons (Fsp3) is 0.533. The van der Waals surface area contributed by atoms with Crippen LogP contribution in [0.25, 0.3) is 0 Å². The number of carbonyl (C=O) groups is 1. The summed E-state index contributed by atoms with van der Waals surface area (Å²) in [5, 5.41) is 13.6. The van der Waals surface area contributed by atoms with Gasteiger partial charge in [0.25, 0.3) is 5.69 Å². The van der Waals surface area contributed by atoms with Crippen LogP contribution >= 0.6 is 0 Å². The zero-order valence-electron chi connectivity index (χ0n) is 14.1. The highest BCUT2D eigenvalue weighted by molar-refractivity contribution is 7.89. The van der Waals surface area contributed by atoms with Crippen LogP contribution in [0, 0.1) is 10.1 Å². The lowest BCUT2D eigenvalue weighted by molar-refractivity contribution is -0.385. The lowest BCUT2D eigenvalue weighted by atomic mass is 10.3. The third kappa shape index (κ3) is 4.67. The van der Waals surface area contributed by atoms with Gasteiger partial charge >= 0.3 is 6.03 Å². The Labute approximate surface area is 146 Å². The molecule has 10 heteroatoms. The molecule has 0 aromatic heterocycles. The third-order valence-electron chi connectivity index (χ3n) is 4.00. The summed E-state index contributed by atoms with van der Waals surface area (Å²) in [6, 6.07) is 4.80. The van der Waals surface area contributed by atoms with Crippen LogP contribution in [-0.4, -0.2) is 61.3 Å². The van der Waals surface area contributed by atoms with Crippen molar-refractivity contribution in [3.63, 3.8) is 0 Å². The second-order valence-corrected chi connectivity index (χ2v) is 7.67. The number of non-ortho nitro benzene ring substituents is 1. The summed E-state index contributed by atoms with van der Waals surface area (Å²) in [6.07, 6.45) is 1.88. The van der Waals surface area contributed by atoms with E-state index in [4.69, 9.17) is 0 Å². The number of hydrogen-bond acceptors (Lipinski definition) is 5. The maximum atomic E-state index is 12.6. The van der Waals surface area contributed by atoms with Gasteiger partial charge in [0.1, 0.15) is 0 Å². The molecule has 1 N–H and O–H groups in total. The first-order valence-electron chi connectivity index (χ1n) is 8.13. The number of nitrogens with zero attached hydrogens (tertiary/aromatic N) is 3. The second kappa shape index (κ2) is 8.26. The molecule has 0 bridgehead atoms. The minimum absolute atomic E-state index is 0.109. The van der Waals surface area contributed by atoms with Crippen LogP contribution in [0.3, 0.4) is 0 Å². The number of sulfonamides is 1. The summed E-state index contributed by atoms with van der Waals surface area (Å²) < 4.78 is 26.5. The zero-order chi connectivity index (χ0) is 18.4. The SMILES string of the molecule is CCCCNC(=O)N1CCN(S(=O)(=O)c2cccc([N+](=O)[O-])c2)CC1. The van der Waals surface area contributed by atoms with Crippen molar-refractivity contribution in [3.8, 4) is 0 Å². The fourth-order valence-corrected chi connectivity index (χ4v) is 3.98. The molecule has 1 fully saturated rings. The predicted molar refractivity (Wildman–Crippen MR) is 91.7 cm³/mol. The number of nitro benzene ring substituents is 1. The zero-order valence-corrected chi connectivity index (χ0v) is 14.9. The van der Waals surface area contributed by atoms with Gasteiger partial charge in [-0.2, -0.15) is 4.31 Å². The molecule has 1 saturated heterocycles. The van der Waals surface area contributed by atoms with Crippen LogP contribution in [0.2, 0.25) is 0 Å². The molecule has 1 aromatic rings. The van der Waals surface area contributed by atoms with E-state index in [0.29, 0.717) is 6.54 Å². The normalized spacial score (nSPS) is 15.8. The molecule has 1 aliphatic heterocycles. The van der Waals surface area contributed by atoms with Gasteiger partial charge in [-0.1, -0.05) is 19.4 Å². The van der Waals surface area contributed by atoms with Gasteiger partial charge in [-0.3, -0.25) is 10.1 Å². The predicted octanol–water partition coefficient (Wildman–Crippen LogP) is 1.41. The third-order valence-corrected chi connectivity index (χ3v) is 5.89. The molecule has 138 valence electrons. The van der Waals surface area contributed by atoms with Crippen molar-refractivity contribution in [3.05, 3.63) is 34.4 Å². The summed E-state index contributed by atoms with van der Waals surface area (Å²) >= 11 is 0. The van der Waals surface area contributed by atoms with Crippen molar-refractivity contribution in [1.82, 2.24) is 14.5 Å². The van der Waals surface area contributed by atoms with Gasteiger partial charge < -0.3 is 10.2 Å². The molecule has 1 aromatic carbocycles. The maximum Gasteiger partial charge on any atom is 0.317 e. The highest BCUT2D eigenvalue weighted by Gasteiger charge is 2.30. The van der Waals surface area contributed by atoms with Crippen LogP contribution in [0.5, 0.6) is 0 Å². The molecule has 1 heterocycles. The Morgan fingerprint density at radius 2 is 1.96 bits per heavy atom. The molecular formula is C15H22N4O5S. The molecule has 0 unspecified atom stereocenters. The number of urea groups is 1. The number of carbonyl (C=O) groups excluding carboxylic acids is 1. The maximum absolute atomic E-state index is 12.6. The van der Waals surface area contributed by atoms with Gasteiger partial charge in [0.2, 0.25) is 10.0 Å². The summed E-state index contributed by atoms with van der Waals surface area (Å²) in [5.74, 6) is 0. The van der Waals surface area contributed by atoms with Crippen molar-refractivity contribution < 1.29 is 18.1 Å². The fourth-order valence-electron chi connectivity index (χ4n) is 2.52. The smallest absolute Gasteiger partial charge is 0.317 e. The van der Waals surface area contributed by atoms with Crippen molar-refractivity contribution in [2.75, 3.05) is 32.7 Å². The van der Waals surface area contributed by atoms with Crippen molar-refractivity contribution in [1.29, 1.82) is 0 Å². The van der Waals surface area contributed by atoms with Gasteiger partial charge in [-0.15, -0.1) is 0 Å². The number of amides is 2. The molecule has 1 aliphatic rings. The van der Waals surface area contributed by atoms with E-state index < -0.39 is 14.9 Å². The molecule has 0 atom stereocenters. The summed E-state index contributed by atoms with van der Waals surface area (Å²) in [4.78, 5) is 23.7. The summed E-state index contributed by atoms with van der Waals surface area (Å²) in [6.45, 7) is 3.52. The van der Waals surface area contributed by atoms with Crippen LogP contribution in [0.15, 0.2) is 29.2 Å². The second-order valence-electron chi connectivity index (χ2n) is 5.73. The number of piperazine rings is 1. The van der Waals surface area contributed by atoms with E-state index in [-0.39, 0.29) is 42.8 Å². The van der Waals surface area contributed by atoms with Crippen molar-refractivity contribution in [2.24, 2.45) is 0 Å². The minimum Gasteiger partial charge on any atom is -0.338 e. The van der Waals surface area contributed by atoms with E-state index in [2.05, 4.69) is 5.32 Å². The molecule has 2 rings (SSSR count). The molecule has 0 spiro atoms. The minimum atomic E-state index is -3.82. The number of unbranched alkanes of at least 4 members (excludes halogenated alkanes) is 1. The Balaban J connectivity index is 2.00. The standard InChI is InChI=1S/C15H22N4O5S/c1-2-3-7-16-15(20)17-8-10-18(11-9-17)25(23,24)14-6-4-5-13(12-14)19(21)22/h4-6,12H,2-3,7-11H2,1H3,(H,16,20). The molecule has 0 radical (unpaired) electrons. The molecular weight excluding hydrogens is 348 g/mol. The molecule has 0 aliphatic carbocycles. The first-order chi connectivity index (χ1) is 11.9. The van der Waals surface area contributed by atoms with Gasteiger partial charge in [0.15, 0.2) is 0 Å². The van der Waals surface area contributed by atoms with Crippen LogP contribution in [0.4, 0.5) is 10.5 Å². The van der Waals surface area contributed by atoms with Crippen molar-refractivity contribution in [2.45, 2.75) is 24.7 Å². The molecule has 25 heavy (non-hydrogen) atoms. The largest absolute Gasteiger partial charge is 0.338 e.